The van der Waals surface area contributed by atoms with Crippen LogP contribution in [0.4, 0.5) is 0 Å². The van der Waals surface area contributed by atoms with Gasteiger partial charge in [-0.25, -0.2) is 0 Å². The normalized spacial score (nSPS) is 46.0. The number of fused-ring (bicyclic) bond motifs is 1. The van der Waals surface area contributed by atoms with Gasteiger partial charge in [-0.15, -0.1) is 0 Å². The summed E-state index contributed by atoms with van der Waals surface area (Å²) >= 11 is 0. The van der Waals surface area contributed by atoms with Crippen molar-refractivity contribution >= 4 is 0 Å². The molecule has 2 aliphatic heterocycles. The van der Waals surface area contributed by atoms with Gasteiger partial charge in [0.25, 0.3) is 0 Å². The molecule has 154 valence electrons. The lowest BCUT2D eigenvalue weighted by Crippen LogP contribution is -2.79. The van der Waals surface area contributed by atoms with Crippen molar-refractivity contribution in [3.05, 3.63) is 41.0 Å². The number of piperidine rings is 1. The van der Waals surface area contributed by atoms with Gasteiger partial charge in [0, 0.05) is 36.6 Å². The van der Waals surface area contributed by atoms with Gasteiger partial charge in [0.15, 0.2) is 0 Å². The highest BCUT2D eigenvalue weighted by Crippen LogP contribution is 2.74. The average Bonchev–Trinajstić information content (AvgIpc) is 3.48. The summed E-state index contributed by atoms with van der Waals surface area (Å²) < 4.78 is 13.3. The maximum Gasteiger partial charge on any atom is 0.142 e. The van der Waals surface area contributed by atoms with Crippen molar-refractivity contribution in [2.45, 2.75) is 62.2 Å². The van der Waals surface area contributed by atoms with Crippen LogP contribution in [0.1, 0.15) is 42.4 Å². The fourth-order valence-corrected chi connectivity index (χ4v) is 8.34. The monoisotopic (exact) mass is 392 g/mol. The summed E-state index contributed by atoms with van der Waals surface area (Å²) in [6, 6.07) is 5.23. The summed E-state index contributed by atoms with van der Waals surface area (Å²) in [6.07, 6.45) is 11.3. The second-order valence-electron chi connectivity index (χ2n) is 10.7. The number of benzene rings is 1. The molecule has 7 aliphatic rings. The van der Waals surface area contributed by atoms with Crippen LogP contribution in [0.15, 0.2) is 24.3 Å². The Hall–Kier alpha value is -1.36. The highest BCUT2D eigenvalue weighted by Gasteiger charge is 2.78. The third-order valence-corrected chi connectivity index (χ3v) is 9.74. The third-order valence-electron chi connectivity index (χ3n) is 9.74. The van der Waals surface area contributed by atoms with E-state index in [1.807, 2.05) is 7.11 Å². The second-order valence-corrected chi connectivity index (χ2v) is 10.7. The first kappa shape index (κ1) is 17.3. The fraction of sp³-hybridized carbons (Fsp3) is 0.680. The maximum atomic E-state index is 6.94. The number of rotatable bonds is 4. The van der Waals surface area contributed by atoms with Crippen LogP contribution in [0.3, 0.4) is 0 Å². The van der Waals surface area contributed by atoms with Gasteiger partial charge in [-0.2, -0.15) is 0 Å². The molecule has 2 saturated carbocycles. The van der Waals surface area contributed by atoms with Crippen molar-refractivity contribution < 1.29 is 9.47 Å². The molecule has 0 amide bonds. The zero-order valence-corrected chi connectivity index (χ0v) is 17.6. The van der Waals surface area contributed by atoms with Gasteiger partial charge >= 0.3 is 0 Å². The van der Waals surface area contributed by atoms with E-state index < -0.39 is 5.60 Å². The molecule has 0 unspecified atom stereocenters. The van der Waals surface area contributed by atoms with E-state index in [1.165, 1.54) is 49.0 Å². The van der Waals surface area contributed by atoms with E-state index in [-0.39, 0.29) is 16.9 Å². The van der Waals surface area contributed by atoms with E-state index in [0.717, 1.165) is 24.5 Å². The van der Waals surface area contributed by atoms with Gasteiger partial charge in [-0.05, 0) is 69.2 Å². The van der Waals surface area contributed by atoms with Crippen LogP contribution < -0.4 is 10.5 Å². The molecule has 8 rings (SSSR count). The first-order valence-electron chi connectivity index (χ1n) is 11.6. The standard InChI is InChI=1S/C25H32N2O2/c1-15-3-6-17-11-19-23-7-8-25(28-2,18(12-23)13-26)22-24(23,20(17)21(15)29-22)9-10-27(19)14-16-4-5-16/h3,6-8,16,18-19,22H,4-5,9-14,26H2,1-2H3/t18-,19+,22+,23+,24-,25+/m0/s1. The number of ether oxygens (including phenoxy) is 2. The van der Waals surface area contributed by atoms with Crippen LogP contribution in [0.25, 0.3) is 0 Å². The lowest BCUT2D eigenvalue weighted by atomic mass is 9.37. The number of hydrogen-bond donors (Lipinski definition) is 1. The molecule has 0 aromatic heterocycles. The Labute approximate surface area is 173 Å². The van der Waals surface area contributed by atoms with Crippen LogP contribution in [-0.2, 0) is 16.6 Å². The molecule has 0 radical (unpaired) electrons. The number of likely N-dealkylation sites (tertiary alicyclic amines) is 1. The largest absolute Gasteiger partial charge is 0.485 e. The highest BCUT2D eigenvalue weighted by molar-refractivity contribution is 5.63. The first-order valence-corrected chi connectivity index (χ1v) is 11.6. The molecular weight excluding hydrogens is 360 g/mol. The molecule has 2 heterocycles. The Kier molecular flexibility index (Phi) is 3.15. The van der Waals surface area contributed by atoms with Crippen LogP contribution in [0, 0.1) is 24.2 Å². The molecule has 6 atom stereocenters. The van der Waals surface area contributed by atoms with Gasteiger partial charge in [0.2, 0.25) is 0 Å². The Morgan fingerprint density at radius 2 is 2.14 bits per heavy atom. The molecule has 29 heavy (non-hydrogen) atoms. The summed E-state index contributed by atoms with van der Waals surface area (Å²) in [7, 11) is 1.87. The molecule has 4 bridgehead atoms. The average molecular weight is 393 g/mol. The summed E-state index contributed by atoms with van der Waals surface area (Å²) in [4.78, 5) is 2.85. The molecule has 1 saturated heterocycles. The van der Waals surface area contributed by atoms with Crippen molar-refractivity contribution in [2.75, 3.05) is 26.7 Å². The molecular formula is C25H32N2O2. The molecule has 5 aliphatic carbocycles. The zero-order valence-electron chi connectivity index (χ0n) is 17.6. The lowest BCUT2D eigenvalue weighted by molar-refractivity contribution is -0.214. The maximum absolute atomic E-state index is 6.94. The van der Waals surface area contributed by atoms with Gasteiger partial charge in [-0.3, -0.25) is 4.90 Å². The highest BCUT2D eigenvalue weighted by atomic mass is 16.6. The summed E-state index contributed by atoms with van der Waals surface area (Å²) in [5.74, 6) is 2.40. The minimum Gasteiger partial charge on any atom is -0.485 e. The molecule has 2 N–H and O–H groups in total. The topological polar surface area (TPSA) is 47.7 Å². The predicted octanol–water partition coefficient (Wildman–Crippen LogP) is 2.95. The minimum absolute atomic E-state index is 0.0447. The Morgan fingerprint density at radius 1 is 1.28 bits per heavy atom. The van der Waals surface area contributed by atoms with Crippen molar-refractivity contribution in [1.29, 1.82) is 0 Å². The Balaban J connectivity index is 1.51. The van der Waals surface area contributed by atoms with Crippen LogP contribution in [0.2, 0.25) is 0 Å². The zero-order chi connectivity index (χ0) is 19.6. The van der Waals surface area contributed by atoms with Crippen molar-refractivity contribution in [3.63, 3.8) is 0 Å². The molecule has 2 spiro atoms. The molecule has 4 heteroatoms. The van der Waals surface area contributed by atoms with E-state index in [0.29, 0.717) is 18.5 Å². The van der Waals surface area contributed by atoms with Gasteiger partial charge < -0.3 is 15.2 Å². The smallest absolute Gasteiger partial charge is 0.142 e. The number of aryl methyl sites for hydroxylation is 1. The number of nitrogens with zero attached hydrogens (tertiary/aromatic N) is 1. The van der Waals surface area contributed by atoms with Crippen LogP contribution in [0.5, 0.6) is 5.75 Å². The van der Waals surface area contributed by atoms with Crippen LogP contribution in [-0.4, -0.2) is 49.4 Å². The van der Waals surface area contributed by atoms with E-state index in [2.05, 4.69) is 36.1 Å². The van der Waals surface area contributed by atoms with Crippen molar-refractivity contribution in [2.24, 2.45) is 23.0 Å². The fourth-order valence-electron chi connectivity index (χ4n) is 8.34. The third kappa shape index (κ3) is 1.73. The van der Waals surface area contributed by atoms with Gasteiger partial charge in [-0.1, -0.05) is 24.3 Å². The summed E-state index contributed by atoms with van der Waals surface area (Å²) in [5, 5.41) is 0. The van der Waals surface area contributed by atoms with Gasteiger partial charge in [0.05, 0.1) is 5.41 Å². The van der Waals surface area contributed by atoms with Crippen molar-refractivity contribution in [1.82, 2.24) is 4.90 Å². The van der Waals surface area contributed by atoms with E-state index in [9.17, 15) is 0 Å². The minimum atomic E-state index is -0.403. The van der Waals surface area contributed by atoms with E-state index >= 15 is 0 Å². The predicted molar refractivity (Wildman–Crippen MR) is 112 cm³/mol. The summed E-state index contributed by atoms with van der Waals surface area (Å²) in [5.41, 5.74) is 10.5. The summed E-state index contributed by atoms with van der Waals surface area (Å²) in [6.45, 7) is 5.34. The lowest BCUT2D eigenvalue weighted by Gasteiger charge is -2.71. The van der Waals surface area contributed by atoms with Crippen LogP contribution >= 0.6 is 0 Å². The number of nitrogens with two attached hydrogens (primary N) is 1. The molecule has 1 aromatic rings. The SMILES string of the molecule is CO[C@]12C=C[C@@]3(C[C@H]1CN)[C@H]1Cc4ccc(C)c5c4[C@@]3(CCN1CC1CC1)[C@H]2O5. The molecule has 4 nitrogen and oxygen atoms in total. The molecule has 3 fully saturated rings. The quantitative estimate of drug-likeness (QED) is 0.801. The van der Waals surface area contributed by atoms with E-state index in [4.69, 9.17) is 15.2 Å². The first-order chi connectivity index (χ1) is 14.1. The number of methoxy groups -OCH3 is 1. The second kappa shape index (κ2) is 5.27. The van der Waals surface area contributed by atoms with E-state index in [1.54, 1.807) is 0 Å². The number of hydrogen-bond acceptors (Lipinski definition) is 4. The van der Waals surface area contributed by atoms with Crippen molar-refractivity contribution in [3.8, 4) is 5.75 Å². The molecule has 1 aromatic carbocycles. The Morgan fingerprint density at radius 3 is 2.90 bits per heavy atom. The Bertz CT molecular complexity index is 939. The van der Waals surface area contributed by atoms with Gasteiger partial charge in [0.1, 0.15) is 17.5 Å².